The summed E-state index contributed by atoms with van der Waals surface area (Å²) in [4.78, 5) is 10.6. The van der Waals surface area contributed by atoms with E-state index in [1.165, 1.54) is 19.3 Å². The van der Waals surface area contributed by atoms with Crippen molar-refractivity contribution in [3.8, 4) is 0 Å². The molecule has 0 atom stereocenters. The molecule has 1 aromatic rings. The summed E-state index contributed by atoms with van der Waals surface area (Å²) in [5.74, 6) is 0. The van der Waals surface area contributed by atoms with E-state index in [4.69, 9.17) is 11.5 Å². The second kappa shape index (κ2) is 8.62. The number of primary amides is 1. The van der Waals surface area contributed by atoms with Crippen molar-refractivity contribution in [1.29, 1.82) is 0 Å². The topological polar surface area (TPSA) is 128 Å². The number of ether oxygens (including phenoxy) is 1. The number of carbonyl (C=O) groups is 1. The maximum absolute atomic E-state index is 11.4. The number of nitrogen functional groups attached to an aromatic ring is 1. The van der Waals surface area contributed by atoms with Crippen LogP contribution in [0.25, 0.3) is 0 Å². The van der Waals surface area contributed by atoms with Crippen LogP contribution in [0, 0.1) is 0 Å². The summed E-state index contributed by atoms with van der Waals surface area (Å²) in [6.07, 6.45) is 4.97. The van der Waals surface area contributed by atoms with Gasteiger partial charge in [-0.25, -0.2) is 13.2 Å². The van der Waals surface area contributed by atoms with E-state index in [2.05, 4.69) is 10.1 Å². The van der Waals surface area contributed by atoms with Gasteiger partial charge in [-0.1, -0.05) is 19.3 Å². The van der Waals surface area contributed by atoms with Gasteiger partial charge >= 0.3 is 6.09 Å². The Kier molecular flexibility index (Phi) is 6.53. The van der Waals surface area contributed by atoms with Gasteiger partial charge in [0.25, 0.3) is 0 Å². The monoisotopic (exact) mass is 356 g/mol. The average molecular weight is 356 g/mol. The maximum atomic E-state index is 11.4. The first kappa shape index (κ1) is 18.2. The molecule has 0 radical (unpaired) electrons. The molecule has 1 saturated carbocycles. The molecule has 9 heteroatoms. The van der Waals surface area contributed by atoms with Crippen LogP contribution in [0.1, 0.15) is 32.1 Å². The van der Waals surface area contributed by atoms with Crippen LogP contribution in [-0.4, -0.2) is 33.7 Å². The van der Waals surface area contributed by atoms with E-state index in [0.717, 1.165) is 22.8 Å². The predicted octanol–water partition coefficient (Wildman–Crippen LogP) is 1.44. The molecule has 24 heavy (non-hydrogen) atoms. The van der Waals surface area contributed by atoms with Gasteiger partial charge in [-0.05, 0) is 31.0 Å². The summed E-state index contributed by atoms with van der Waals surface area (Å²) < 4.78 is 28.5. The molecule has 8 nitrogen and oxygen atoms in total. The van der Waals surface area contributed by atoms with Crippen LogP contribution in [0.2, 0.25) is 0 Å². The number of nitrogens with one attached hydrogen (secondary N) is 1. The lowest BCUT2D eigenvalue weighted by atomic mass is 9.95. The maximum Gasteiger partial charge on any atom is 0.404 e. The number of hydrogen-bond acceptors (Lipinski definition) is 6. The standard InChI is InChI=1S/C15H24N4O4S/c16-13-10-12(19(24(21)22)8-9-23-15(17)20)6-7-14(13)18-11-4-2-1-3-5-11/h6-7,10-11,18,24H,1-5,8-9,16H2,(H2,17,20). The van der Waals surface area contributed by atoms with E-state index in [-0.39, 0.29) is 13.2 Å². The fourth-order valence-corrected chi connectivity index (χ4v) is 3.40. The Morgan fingerprint density at radius 2 is 2.00 bits per heavy atom. The van der Waals surface area contributed by atoms with Gasteiger partial charge in [-0.3, -0.25) is 4.31 Å². The second-order valence-corrected chi connectivity index (χ2v) is 6.74. The highest BCUT2D eigenvalue weighted by molar-refractivity contribution is 7.74. The Morgan fingerprint density at radius 3 is 2.58 bits per heavy atom. The SMILES string of the molecule is NC(=O)OCCN(c1ccc(NC2CCCCC2)c(N)c1)[SH](=O)=O. The summed E-state index contributed by atoms with van der Waals surface area (Å²) in [5, 5.41) is 3.42. The molecule has 1 fully saturated rings. The number of thiol groups is 1. The van der Waals surface area contributed by atoms with Gasteiger partial charge in [-0.15, -0.1) is 0 Å². The van der Waals surface area contributed by atoms with Gasteiger partial charge < -0.3 is 21.5 Å². The minimum atomic E-state index is -2.88. The molecule has 0 unspecified atom stereocenters. The predicted molar refractivity (Wildman–Crippen MR) is 94.5 cm³/mol. The van der Waals surface area contributed by atoms with Crippen molar-refractivity contribution in [3.05, 3.63) is 18.2 Å². The van der Waals surface area contributed by atoms with Gasteiger partial charge in [0.1, 0.15) is 6.61 Å². The van der Waals surface area contributed by atoms with Crippen molar-refractivity contribution in [1.82, 2.24) is 0 Å². The van der Waals surface area contributed by atoms with Crippen LogP contribution in [-0.2, 0) is 15.6 Å². The van der Waals surface area contributed by atoms with Crippen LogP contribution in [0.5, 0.6) is 0 Å². The van der Waals surface area contributed by atoms with E-state index in [1.807, 2.05) is 0 Å². The van der Waals surface area contributed by atoms with Gasteiger partial charge in [-0.2, -0.15) is 0 Å². The van der Waals surface area contributed by atoms with Crippen LogP contribution < -0.4 is 21.1 Å². The summed E-state index contributed by atoms with van der Waals surface area (Å²) >= 11 is 0. The lowest BCUT2D eigenvalue weighted by Crippen LogP contribution is -2.28. The van der Waals surface area contributed by atoms with Gasteiger partial charge in [0, 0.05) is 6.04 Å². The van der Waals surface area contributed by atoms with Crippen LogP contribution >= 0.6 is 0 Å². The van der Waals surface area contributed by atoms with Crippen molar-refractivity contribution < 1.29 is 17.9 Å². The number of carbonyl (C=O) groups excluding carboxylic acids is 1. The molecule has 134 valence electrons. The highest BCUT2D eigenvalue weighted by Gasteiger charge is 2.16. The lowest BCUT2D eigenvalue weighted by molar-refractivity contribution is 0.160. The zero-order valence-electron chi connectivity index (χ0n) is 13.4. The fraction of sp³-hybridized carbons (Fsp3) is 0.533. The first-order valence-corrected chi connectivity index (χ1v) is 9.10. The molecule has 1 amide bonds. The Bertz CT molecular complexity index is 636. The van der Waals surface area contributed by atoms with E-state index < -0.39 is 17.0 Å². The Labute approximate surface area is 143 Å². The number of hydrogen-bond donors (Lipinski definition) is 4. The van der Waals surface area contributed by atoms with Crippen LogP contribution in [0.4, 0.5) is 21.9 Å². The number of benzene rings is 1. The molecule has 2 rings (SSSR count). The largest absolute Gasteiger partial charge is 0.448 e. The minimum absolute atomic E-state index is 0.0174. The quantitative estimate of drug-likeness (QED) is 0.432. The second-order valence-electron chi connectivity index (χ2n) is 5.78. The molecule has 1 aliphatic rings. The molecule has 1 aliphatic carbocycles. The van der Waals surface area contributed by atoms with Crippen molar-refractivity contribution >= 4 is 34.0 Å². The Balaban J connectivity index is 2.06. The van der Waals surface area contributed by atoms with Crippen LogP contribution in [0.15, 0.2) is 18.2 Å². The number of nitrogens with zero attached hydrogens (tertiary/aromatic N) is 1. The van der Waals surface area contributed by atoms with Crippen molar-refractivity contribution in [2.75, 3.05) is 28.5 Å². The van der Waals surface area contributed by atoms with E-state index in [0.29, 0.717) is 17.4 Å². The third kappa shape index (κ3) is 5.19. The van der Waals surface area contributed by atoms with Gasteiger partial charge in [0.15, 0.2) is 0 Å². The lowest BCUT2D eigenvalue weighted by Gasteiger charge is -2.25. The van der Waals surface area contributed by atoms with Crippen molar-refractivity contribution in [3.63, 3.8) is 0 Å². The van der Waals surface area contributed by atoms with Crippen LogP contribution in [0.3, 0.4) is 0 Å². The number of rotatable bonds is 7. The normalized spacial score (nSPS) is 15.2. The first-order chi connectivity index (χ1) is 11.5. The molecule has 0 spiro atoms. The van der Waals surface area contributed by atoms with E-state index in [1.54, 1.807) is 18.2 Å². The molecule has 5 N–H and O–H groups in total. The molecule has 1 aromatic carbocycles. The first-order valence-electron chi connectivity index (χ1n) is 7.97. The zero-order chi connectivity index (χ0) is 17.5. The molecule has 0 heterocycles. The summed E-state index contributed by atoms with van der Waals surface area (Å²) in [5.41, 5.74) is 12.6. The summed E-state index contributed by atoms with van der Waals surface area (Å²) in [7, 11) is -2.88. The van der Waals surface area contributed by atoms with E-state index in [9.17, 15) is 13.2 Å². The summed E-state index contributed by atoms with van der Waals surface area (Å²) in [6, 6.07) is 5.46. The van der Waals surface area contributed by atoms with Gasteiger partial charge in [0.05, 0.1) is 23.6 Å². The Hall–Kier alpha value is -2.16. The molecule has 0 aromatic heterocycles. The third-order valence-electron chi connectivity index (χ3n) is 4.04. The molecular weight excluding hydrogens is 332 g/mol. The number of amides is 1. The highest BCUT2D eigenvalue weighted by Crippen LogP contribution is 2.28. The van der Waals surface area contributed by atoms with Crippen molar-refractivity contribution in [2.24, 2.45) is 5.73 Å². The molecule has 0 aliphatic heterocycles. The molecule has 0 bridgehead atoms. The smallest absolute Gasteiger partial charge is 0.404 e. The Morgan fingerprint density at radius 1 is 1.29 bits per heavy atom. The fourth-order valence-electron chi connectivity index (χ4n) is 2.85. The average Bonchev–Trinajstić information content (AvgIpc) is 2.54. The highest BCUT2D eigenvalue weighted by atomic mass is 32.2. The number of nitrogens with two attached hydrogens (primary N) is 2. The molecule has 0 saturated heterocycles. The third-order valence-corrected chi connectivity index (χ3v) is 4.87. The zero-order valence-corrected chi connectivity index (χ0v) is 14.3. The number of anilines is 3. The summed E-state index contributed by atoms with van der Waals surface area (Å²) in [6.45, 7) is -0.142. The molecular formula is C15H24N4O4S. The van der Waals surface area contributed by atoms with Crippen molar-refractivity contribution in [2.45, 2.75) is 38.1 Å². The minimum Gasteiger partial charge on any atom is -0.448 e. The van der Waals surface area contributed by atoms with E-state index >= 15 is 0 Å². The van der Waals surface area contributed by atoms with Gasteiger partial charge in [0.2, 0.25) is 10.9 Å².